The minimum absolute atomic E-state index is 0.238. The van der Waals surface area contributed by atoms with Crippen molar-refractivity contribution in [1.29, 1.82) is 0 Å². The molecule has 1 aliphatic carbocycles. The van der Waals surface area contributed by atoms with Crippen molar-refractivity contribution >= 4 is 32.0 Å². The fraction of sp³-hybridized carbons (Fsp3) is 0.609. The van der Waals surface area contributed by atoms with Gasteiger partial charge in [-0.1, -0.05) is 6.92 Å². The fourth-order valence-corrected chi connectivity index (χ4v) is 7.51. The number of aryl methyl sites for hydroxylation is 1. The van der Waals surface area contributed by atoms with Gasteiger partial charge >= 0.3 is 0 Å². The van der Waals surface area contributed by atoms with Crippen LogP contribution in [0, 0.1) is 18.8 Å². The summed E-state index contributed by atoms with van der Waals surface area (Å²) in [5, 5.41) is 2.16. The number of sulfonamides is 1. The predicted molar refractivity (Wildman–Crippen MR) is 122 cm³/mol. The van der Waals surface area contributed by atoms with E-state index in [1.54, 1.807) is 4.31 Å². The number of hydrogen-bond donors (Lipinski definition) is 1. The summed E-state index contributed by atoms with van der Waals surface area (Å²) < 4.78 is 27.7. The zero-order valence-electron chi connectivity index (χ0n) is 18.3. The van der Waals surface area contributed by atoms with Crippen LogP contribution in [-0.2, 0) is 10.0 Å². The molecule has 8 heteroatoms. The zero-order chi connectivity index (χ0) is 21.6. The van der Waals surface area contributed by atoms with E-state index in [4.69, 9.17) is 4.98 Å². The third kappa shape index (κ3) is 4.07. The summed E-state index contributed by atoms with van der Waals surface area (Å²) in [4.78, 5) is 17.1. The molecule has 4 heterocycles. The molecule has 2 fully saturated rings. The van der Waals surface area contributed by atoms with E-state index in [0.717, 1.165) is 72.0 Å². The Morgan fingerprint density at radius 2 is 1.97 bits per heavy atom. The summed E-state index contributed by atoms with van der Waals surface area (Å²) in [7, 11) is -3.17. The van der Waals surface area contributed by atoms with Gasteiger partial charge in [0, 0.05) is 36.0 Å². The molecule has 3 aromatic heterocycles. The molecule has 166 valence electrons. The van der Waals surface area contributed by atoms with Crippen molar-refractivity contribution in [2.45, 2.75) is 58.3 Å². The van der Waals surface area contributed by atoms with Gasteiger partial charge in [0.15, 0.2) is 0 Å². The number of piperidine rings is 1. The smallest absolute Gasteiger partial charge is 0.214 e. The number of H-pyrrole nitrogens is 1. The van der Waals surface area contributed by atoms with Crippen molar-refractivity contribution in [1.82, 2.24) is 24.2 Å². The van der Waals surface area contributed by atoms with Crippen LogP contribution < -0.4 is 0 Å². The van der Waals surface area contributed by atoms with Crippen LogP contribution >= 0.6 is 0 Å². The molecule has 1 N–H and O–H groups in total. The van der Waals surface area contributed by atoms with Gasteiger partial charge in [-0.15, -0.1) is 0 Å². The topological polar surface area (TPSA) is 91.8 Å². The number of nitrogens with zero attached hydrogens (tertiary/aromatic N) is 4. The normalized spacial score (nSPS) is 25.9. The lowest BCUT2D eigenvalue weighted by Gasteiger charge is -2.33. The molecule has 7 nitrogen and oxygen atoms in total. The third-order valence-corrected chi connectivity index (χ3v) is 9.09. The molecule has 1 saturated heterocycles. The molecule has 0 radical (unpaired) electrons. The van der Waals surface area contributed by atoms with Gasteiger partial charge < -0.3 is 4.98 Å². The van der Waals surface area contributed by atoms with Crippen molar-refractivity contribution in [3.05, 3.63) is 30.0 Å². The Kier molecular flexibility index (Phi) is 5.46. The number of nitrogens with one attached hydrogen (secondary N) is 1. The minimum Gasteiger partial charge on any atom is -0.346 e. The maximum atomic E-state index is 13.0. The summed E-state index contributed by atoms with van der Waals surface area (Å²) >= 11 is 0. The maximum absolute atomic E-state index is 13.0. The summed E-state index contributed by atoms with van der Waals surface area (Å²) in [6.07, 6.45) is 9.64. The number of fused-ring (bicyclic) bond motifs is 3. The third-order valence-electron chi connectivity index (χ3n) is 7.08. The van der Waals surface area contributed by atoms with Crippen LogP contribution in [0.15, 0.2) is 18.5 Å². The Morgan fingerprint density at radius 3 is 2.74 bits per heavy atom. The van der Waals surface area contributed by atoms with Crippen LogP contribution in [0.1, 0.15) is 62.9 Å². The molecule has 1 atom stereocenters. The SMILES string of the molecule is Cc1nc(C2CCC(CS(=O)(=O)N3CCCC(C)C3)CC2)c2c(cnc3[nH]ccc32)n1. The Bertz CT molecular complexity index is 1200. The lowest BCUT2D eigenvalue weighted by atomic mass is 9.80. The van der Waals surface area contributed by atoms with Gasteiger partial charge in [-0.25, -0.2) is 27.7 Å². The van der Waals surface area contributed by atoms with E-state index in [-0.39, 0.29) is 5.92 Å². The Balaban J connectivity index is 1.34. The molecular weight excluding hydrogens is 410 g/mol. The van der Waals surface area contributed by atoms with Crippen molar-refractivity contribution in [2.75, 3.05) is 18.8 Å². The minimum atomic E-state index is -3.17. The van der Waals surface area contributed by atoms with Gasteiger partial charge in [0.25, 0.3) is 0 Å². The van der Waals surface area contributed by atoms with Gasteiger partial charge in [0.2, 0.25) is 10.0 Å². The first-order chi connectivity index (χ1) is 14.9. The van der Waals surface area contributed by atoms with E-state index in [1.807, 2.05) is 25.4 Å². The summed E-state index contributed by atoms with van der Waals surface area (Å²) in [5.41, 5.74) is 2.84. The lowest BCUT2D eigenvalue weighted by Crippen LogP contribution is -2.41. The molecule has 1 unspecified atom stereocenters. The van der Waals surface area contributed by atoms with Gasteiger partial charge in [0.05, 0.1) is 23.2 Å². The summed E-state index contributed by atoms with van der Waals surface area (Å²) in [6, 6.07) is 2.05. The standard InChI is InChI=1S/C23H31N5O2S/c1-15-4-3-11-28(13-15)31(29,30)14-17-5-7-18(8-6-17)22-21-19-9-10-24-23(19)25-12-20(21)26-16(2)27-22/h9-10,12,15,17-18H,3-8,11,13-14H2,1-2H3,(H,24,25). The van der Waals surface area contributed by atoms with Crippen LogP contribution in [0.4, 0.5) is 0 Å². The number of rotatable bonds is 4. The van der Waals surface area contributed by atoms with Crippen molar-refractivity contribution in [3.63, 3.8) is 0 Å². The Labute approximate surface area is 183 Å². The first-order valence-corrected chi connectivity index (χ1v) is 13.1. The van der Waals surface area contributed by atoms with E-state index in [2.05, 4.69) is 21.9 Å². The van der Waals surface area contributed by atoms with Crippen molar-refractivity contribution in [2.24, 2.45) is 11.8 Å². The number of hydrogen-bond acceptors (Lipinski definition) is 5. The largest absolute Gasteiger partial charge is 0.346 e. The van der Waals surface area contributed by atoms with Crippen LogP contribution in [0.2, 0.25) is 0 Å². The molecule has 0 aromatic carbocycles. The summed E-state index contributed by atoms with van der Waals surface area (Å²) in [6.45, 7) is 5.46. The quantitative estimate of drug-likeness (QED) is 0.657. The predicted octanol–water partition coefficient (Wildman–Crippen LogP) is 4.15. The van der Waals surface area contributed by atoms with Crippen LogP contribution in [0.25, 0.3) is 21.9 Å². The maximum Gasteiger partial charge on any atom is 0.214 e. The van der Waals surface area contributed by atoms with Gasteiger partial charge in [-0.3, -0.25) is 0 Å². The molecule has 1 aliphatic heterocycles. The number of aromatic amines is 1. The molecular formula is C23H31N5O2S. The zero-order valence-corrected chi connectivity index (χ0v) is 19.2. The highest BCUT2D eigenvalue weighted by Crippen LogP contribution is 2.39. The highest BCUT2D eigenvalue weighted by molar-refractivity contribution is 7.89. The molecule has 5 rings (SSSR count). The first kappa shape index (κ1) is 20.8. The first-order valence-electron chi connectivity index (χ1n) is 11.5. The number of pyridine rings is 1. The number of aromatic nitrogens is 4. The summed E-state index contributed by atoms with van der Waals surface area (Å²) in [5.74, 6) is 2.10. The highest BCUT2D eigenvalue weighted by Gasteiger charge is 2.33. The molecule has 2 aliphatic rings. The second-order valence-electron chi connectivity index (χ2n) is 9.52. The lowest BCUT2D eigenvalue weighted by molar-refractivity contribution is 0.275. The molecule has 0 bridgehead atoms. The van der Waals surface area contributed by atoms with E-state index < -0.39 is 10.0 Å². The molecule has 1 saturated carbocycles. The van der Waals surface area contributed by atoms with Gasteiger partial charge in [-0.05, 0) is 63.4 Å². The van der Waals surface area contributed by atoms with Crippen molar-refractivity contribution in [3.8, 4) is 0 Å². The monoisotopic (exact) mass is 441 g/mol. The van der Waals surface area contributed by atoms with E-state index in [9.17, 15) is 8.42 Å². The van der Waals surface area contributed by atoms with E-state index >= 15 is 0 Å². The second kappa shape index (κ2) is 8.13. The molecule has 3 aromatic rings. The Hall–Kier alpha value is -2.06. The van der Waals surface area contributed by atoms with Crippen LogP contribution in [-0.4, -0.2) is 51.5 Å². The van der Waals surface area contributed by atoms with Crippen molar-refractivity contribution < 1.29 is 8.42 Å². The van der Waals surface area contributed by atoms with Gasteiger partial charge in [0.1, 0.15) is 11.5 Å². The Morgan fingerprint density at radius 1 is 1.16 bits per heavy atom. The average Bonchev–Trinajstić information content (AvgIpc) is 3.22. The second-order valence-corrected chi connectivity index (χ2v) is 11.5. The van der Waals surface area contributed by atoms with E-state index in [0.29, 0.717) is 30.7 Å². The fourth-order valence-electron chi connectivity index (χ4n) is 5.48. The van der Waals surface area contributed by atoms with E-state index in [1.165, 1.54) is 0 Å². The highest BCUT2D eigenvalue weighted by atomic mass is 32.2. The van der Waals surface area contributed by atoms with Gasteiger partial charge in [-0.2, -0.15) is 0 Å². The molecule has 0 spiro atoms. The van der Waals surface area contributed by atoms with Crippen LogP contribution in [0.5, 0.6) is 0 Å². The van der Waals surface area contributed by atoms with Crippen LogP contribution in [0.3, 0.4) is 0 Å². The average molecular weight is 442 g/mol. The molecule has 31 heavy (non-hydrogen) atoms. The molecule has 0 amide bonds.